The molecule has 1 N–H and O–H groups in total. The van der Waals surface area contributed by atoms with Crippen LogP contribution < -0.4 is 5.32 Å². The number of aryl methyl sites for hydroxylation is 1. The van der Waals surface area contributed by atoms with Gasteiger partial charge in [0.15, 0.2) is 0 Å². The minimum Gasteiger partial charge on any atom is -0.317 e. The first-order valence-corrected chi connectivity index (χ1v) is 7.22. The number of hydrogen-bond acceptors (Lipinski definition) is 2. The fraction of sp³-hybridized carbons (Fsp3) is 0.625. The van der Waals surface area contributed by atoms with E-state index in [1.165, 1.54) is 25.7 Å². The van der Waals surface area contributed by atoms with Crippen molar-refractivity contribution < 1.29 is 4.39 Å². The molecule has 19 heavy (non-hydrogen) atoms. The van der Waals surface area contributed by atoms with E-state index < -0.39 is 0 Å². The summed E-state index contributed by atoms with van der Waals surface area (Å²) in [5.41, 5.74) is 1.95. The quantitative estimate of drug-likeness (QED) is 0.899. The van der Waals surface area contributed by atoms with Crippen molar-refractivity contribution in [1.29, 1.82) is 0 Å². The molecule has 2 nitrogen and oxygen atoms in total. The second-order valence-corrected chi connectivity index (χ2v) is 5.80. The third kappa shape index (κ3) is 3.77. The third-order valence-electron chi connectivity index (χ3n) is 4.35. The molecular weight excluding hydrogens is 239 g/mol. The molecule has 0 aliphatic heterocycles. The number of hydrogen-bond donors (Lipinski definition) is 1. The molecule has 0 heterocycles. The monoisotopic (exact) mass is 264 g/mol. The lowest BCUT2D eigenvalue weighted by molar-refractivity contribution is 0.168. The lowest BCUT2D eigenvalue weighted by atomic mass is 9.90. The van der Waals surface area contributed by atoms with E-state index in [0.717, 1.165) is 11.1 Å². The Kier molecular flexibility index (Phi) is 4.94. The summed E-state index contributed by atoms with van der Waals surface area (Å²) in [5.74, 6) is -0.0821. The van der Waals surface area contributed by atoms with Crippen molar-refractivity contribution in [2.24, 2.45) is 0 Å². The molecule has 1 aromatic rings. The summed E-state index contributed by atoms with van der Waals surface area (Å²) in [6, 6.07) is 6.63. The topological polar surface area (TPSA) is 15.3 Å². The minimum atomic E-state index is -0.0821. The average molecular weight is 264 g/mol. The molecule has 2 rings (SSSR count). The number of nitrogens with zero attached hydrogens (tertiary/aromatic N) is 1. The Balaban J connectivity index is 1.94. The molecule has 0 spiro atoms. The van der Waals surface area contributed by atoms with Crippen LogP contribution in [0.25, 0.3) is 0 Å². The van der Waals surface area contributed by atoms with Crippen LogP contribution in [0.2, 0.25) is 0 Å². The van der Waals surface area contributed by atoms with Gasteiger partial charge in [-0.1, -0.05) is 17.7 Å². The van der Waals surface area contributed by atoms with Gasteiger partial charge < -0.3 is 5.32 Å². The Bertz CT molecular complexity index is 411. The van der Waals surface area contributed by atoms with Crippen molar-refractivity contribution in [3.8, 4) is 0 Å². The van der Waals surface area contributed by atoms with Crippen molar-refractivity contribution in [2.45, 2.75) is 51.2 Å². The van der Waals surface area contributed by atoms with Crippen LogP contribution in [0.15, 0.2) is 18.2 Å². The molecule has 0 unspecified atom stereocenters. The Morgan fingerprint density at radius 2 is 1.95 bits per heavy atom. The van der Waals surface area contributed by atoms with Gasteiger partial charge in [-0.25, -0.2) is 4.39 Å². The average Bonchev–Trinajstić information content (AvgIpc) is 2.43. The van der Waals surface area contributed by atoms with Gasteiger partial charge in [0.05, 0.1) is 0 Å². The predicted molar refractivity (Wildman–Crippen MR) is 77.7 cm³/mol. The first-order chi connectivity index (χ1) is 9.10. The number of benzene rings is 1. The highest BCUT2D eigenvalue weighted by molar-refractivity contribution is 5.24. The normalized spacial score (nSPS) is 23.8. The van der Waals surface area contributed by atoms with E-state index in [0.29, 0.717) is 18.6 Å². The van der Waals surface area contributed by atoms with Crippen LogP contribution in [0.5, 0.6) is 0 Å². The van der Waals surface area contributed by atoms with Crippen LogP contribution in [0, 0.1) is 12.7 Å². The highest BCUT2D eigenvalue weighted by Crippen LogP contribution is 2.24. The van der Waals surface area contributed by atoms with E-state index in [1.54, 1.807) is 6.07 Å². The smallest absolute Gasteiger partial charge is 0.127 e. The van der Waals surface area contributed by atoms with E-state index in [2.05, 4.69) is 17.3 Å². The van der Waals surface area contributed by atoms with Crippen molar-refractivity contribution in [3.63, 3.8) is 0 Å². The Morgan fingerprint density at radius 3 is 2.58 bits per heavy atom. The van der Waals surface area contributed by atoms with Gasteiger partial charge in [0.1, 0.15) is 5.82 Å². The van der Waals surface area contributed by atoms with Crippen LogP contribution in [0.4, 0.5) is 4.39 Å². The zero-order valence-corrected chi connectivity index (χ0v) is 12.2. The summed E-state index contributed by atoms with van der Waals surface area (Å²) in [6.45, 7) is 2.73. The van der Waals surface area contributed by atoms with Crippen molar-refractivity contribution in [2.75, 3.05) is 14.1 Å². The first kappa shape index (κ1) is 14.5. The van der Waals surface area contributed by atoms with Gasteiger partial charge in [0, 0.05) is 24.2 Å². The molecule has 1 saturated carbocycles. The standard InChI is InChI=1S/C16H25FN2/c1-12-4-9-16(17)13(10-12)11-19(3)15-7-5-14(18-2)6-8-15/h4,9-10,14-15,18H,5-8,11H2,1-3H3. The summed E-state index contributed by atoms with van der Waals surface area (Å²) in [6.07, 6.45) is 4.86. The third-order valence-corrected chi connectivity index (χ3v) is 4.35. The van der Waals surface area contributed by atoms with Crippen LogP contribution in [0.3, 0.4) is 0 Å². The maximum Gasteiger partial charge on any atom is 0.127 e. The lowest BCUT2D eigenvalue weighted by Crippen LogP contribution is -2.39. The van der Waals surface area contributed by atoms with Crippen molar-refractivity contribution in [1.82, 2.24) is 10.2 Å². The molecule has 0 amide bonds. The second-order valence-electron chi connectivity index (χ2n) is 5.80. The molecule has 1 aliphatic carbocycles. The van der Waals surface area contributed by atoms with Gasteiger partial charge in [0.25, 0.3) is 0 Å². The lowest BCUT2D eigenvalue weighted by Gasteiger charge is -2.34. The first-order valence-electron chi connectivity index (χ1n) is 7.22. The maximum absolute atomic E-state index is 13.8. The van der Waals surface area contributed by atoms with Gasteiger partial charge in [-0.3, -0.25) is 4.90 Å². The molecule has 0 aromatic heterocycles. The predicted octanol–water partition coefficient (Wildman–Crippen LogP) is 3.10. The van der Waals surface area contributed by atoms with E-state index >= 15 is 0 Å². The molecule has 3 heteroatoms. The van der Waals surface area contributed by atoms with E-state index in [1.807, 2.05) is 26.1 Å². The molecule has 1 fully saturated rings. The number of rotatable bonds is 4. The largest absolute Gasteiger partial charge is 0.317 e. The molecule has 1 aliphatic rings. The summed E-state index contributed by atoms with van der Waals surface area (Å²) >= 11 is 0. The van der Waals surface area contributed by atoms with Gasteiger partial charge in [-0.15, -0.1) is 0 Å². The molecule has 106 valence electrons. The molecule has 0 atom stereocenters. The summed E-state index contributed by atoms with van der Waals surface area (Å²) in [4.78, 5) is 2.31. The molecule has 0 radical (unpaired) electrons. The summed E-state index contributed by atoms with van der Waals surface area (Å²) < 4.78 is 13.8. The Morgan fingerprint density at radius 1 is 1.26 bits per heavy atom. The van der Waals surface area contributed by atoms with E-state index in [4.69, 9.17) is 0 Å². The molecule has 0 bridgehead atoms. The van der Waals surface area contributed by atoms with E-state index in [-0.39, 0.29) is 5.82 Å². The van der Waals surface area contributed by atoms with Crippen LogP contribution in [-0.4, -0.2) is 31.1 Å². The molecular formula is C16H25FN2. The SMILES string of the molecule is CNC1CCC(N(C)Cc2cc(C)ccc2F)CC1. The van der Waals surface area contributed by atoms with E-state index in [9.17, 15) is 4.39 Å². The van der Waals surface area contributed by atoms with Crippen LogP contribution in [0.1, 0.15) is 36.8 Å². The zero-order chi connectivity index (χ0) is 13.8. The van der Waals surface area contributed by atoms with Gasteiger partial charge >= 0.3 is 0 Å². The highest BCUT2D eigenvalue weighted by atomic mass is 19.1. The summed E-state index contributed by atoms with van der Waals surface area (Å²) in [7, 11) is 4.16. The van der Waals surface area contributed by atoms with Crippen LogP contribution >= 0.6 is 0 Å². The second kappa shape index (κ2) is 6.49. The van der Waals surface area contributed by atoms with Gasteiger partial charge in [-0.05, 0) is 52.8 Å². The zero-order valence-electron chi connectivity index (χ0n) is 12.2. The number of nitrogens with one attached hydrogen (secondary N) is 1. The van der Waals surface area contributed by atoms with Gasteiger partial charge in [-0.2, -0.15) is 0 Å². The minimum absolute atomic E-state index is 0.0821. The Labute approximate surface area is 116 Å². The fourth-order valence-corrected chi connectivity index (χ4v) is 3.03. The van der Waals surface area contributed by atoms with Crippen molar-refractivity contribution in [3.05, 3.63) is 35.1 Å². The number of halogens is 1. The Hall–Kier alpha value is -0.930. The van der Waals surface area contributed by atoms with Crippen molar-refractivity contribution >= 4 is 0 Å². The highest BCUT2D eigenvalue weighted by Gasteiger charge is 2.23. The van der Waals surface area contributed by atoms with Crippen LogP contribution in [-0.2, 0) is 6.54 Å². The summed E-state index contributed by atoms with van der Waals surface area (Å²) in [5, 5.41) is 3.35. The fourth-order valence-electron chi connectivity index (χ4n) is 3.03. The molecule has 1 aromatic carbocycles. The maximum atomic E-state index is 13.8. The van der Waals surface area contributed by atoms with Gasteiger partial charge in [0.2, 0.25) is 0 Å². The molecule has 0 saturated heterocycles.